The highest BCUT2D eigenvalue weighted by Gasteiger charge is 2.32. The van der Waals surface area contributed by atoms with Gasteiger partial charge in [-0.2, -0.15) is 0 Å². The molecule has 5 heteroatoms. The van der Waals surface area contributed by atoms with Gasteiger partial charge in [0.25, 0.3) is 0 Å². The molecule has 1 aliphatic carbocycles. The van der Waals surface area contributed by atoms with Crippen LogP contribution in [0.4, 0.5) is 0 Å². The number of hydrogen-bond donors (Lipinski definition) is 1. The number of carbonyl (C=O) groups excluding carboxylic acids is 1. The maximum atomic E-state index is 12.2. The number of Topliss-reactive ketones (excluding diaryl/α,β-unsaturated/α-hetero) is 1. The standard InChI is InChI=1S/C20H24Cl2O3/c21-17-7-5-8-18(22)16(17)12-10-14-11-13-19(23)15(14)6-3-1-2-4-9-20(24)25/h5,7-8,10,12,14-15H,1-4,6,9,11,13H2,(H,24,25)/t14-,15+/m1/s1. The van der Waals surface area contributed by atoms with Crippen LogP contribution in [0, 0.1) is 11.8 Å². The number of hydrogen-bond acceptors (Lipinski definition) is 2. The summed E-state index contributed by atoms with van der Waals surface area (Å²) < 4.78 is 0. The van der Waals surface area contributed by atoms with Gasteiger partial charge in [0.1, 0.15) is 5.78 Å². The lowest BCUT2D eigenvalue weighted by atomic mass is 9.89. The van der Waals surface area contributed by atoms with E-state index < -0.39 is 5.97 Å². The summed E-state index contributed by atoms with van der Waals surface area (Å²) in [5.41, 5.74) is 0.803. The molecular weight excluding hydrogens is 359 g/mol. The van der Waals surface area contributed by atoms with E-state index in [9.17, 15) is 9.59 Å². The van der Waals surface area contributed by atoms with Crippen molar-refractivity contribution in [2.45, 2.75) is 51.4 Å². The van der Waals surface area contributed by atoms with E-state index in [2.05, 4.69) is 6.08 Å². The van der Waals surface area contributed by atoms with Crippen LogP contribution in [0.5, 0.6) is 0 Å². The maximum absolute atomic E-state index is 12.2. The molecule has 0 unspecified atom stereocenters. The van der Waals surface area contributed by atoms with Crippen molar-refractivity contribution in [1.82, 2.24) is 0 Å². The third-order valence-corrected chi connectivity index (χ3v) is 5.48. The molecule has 2 atom stereocenters. The molecule has 1 fully saturated rings. The first kappa shape index (κ1) is 20.0. The van der Waals surface area contributed by atoms with Crippen molar-refractivity contribution in [2.75, 3.05) is 0 Å². The third kappa shape index (κ3) is 6.16. The number of unbranched alkanes of at least 4 members (excludes halogenated alkanes) is 3. The van der Waals surface area contributed by atoms with Gasteiger partial charge >= 0.3 is 5.97 Å². The minimum absolute atomic E-state index is 0.0667. The van der Waals surface area contributed by atoms with Gasteiger partial charge in [0.05, 0.1) is 0 Å². The highest BCUT2D eigenvalue weighted by Crippen LogP contribution is 2.35. The number of rotatable bonds is 9. The van der Waals surface area contributed by atoms with Crippen molar-refractivity contribution >= 4 is 41.0 Å². The molecule has 25 heavy (non-hydrogen) atoms. The fraction of sp³-hybridized carbons (Fsp3) is 0.500. The first-order chi connectivity index (χ1) is 12.0. The zero-order chi connectivity index (χ0) is 18.2. The largest absolute Gasteiger partial charge is 0.481 e. The Hall–Kier alpha value is -1.32. The second-order valence-corrected chi connectivity index (χ2v) is 7.43. The predicted molar refractivity (Wildman–Crippen MR) is 102 cm³/mol. The van der Waals surface area contributed by atoms with Crippen LogP contribution in [0.3, 0.4) is 0 Å². The van der Waals surface area contributed by atoms with Crippen molar-refractivity contribution in [3.63, 3.8) is 0 Å². The lowest BCUT2D eigenvalue weighted by molar-refractivity contribution is -0.137. The fourth-order valence-corrected chi connectivity index (χ4v) is 3.95. The van der Waals surface area contributed by atoms with Gasteiger partial charge < -0.3 is 5.11 Å². The van der Waals surface area contributed by atoms with Gasteiger partial charge in [0.2, 0.25) is 0 Å². The van der Waals surface area contributed by atoms with Gasteiger partial charge in [-0.25, -0.2) is 0 Å². The van der Waals surface area contributed by atoms with Crippen LogP contribution < -0.4 is 0 Å². The van der Waals surface area contributed by atoms with E-state index in [4.69, 9.17) is 28.3 Å². The third-order valence-electron chi connectivity index (χ3n) is 4.82. The summed E-state index contributed by atoms with van der Waals surface area (Å²) >= 11 is 12.4. The summed E-state index contributed by atoms with van der Waals surface area (Å²) in [6, 6.07) is 5.43. The fourth-order valence-electron chi connectivity index (χ4n) is 3.42. The number of carboxylic acid groups (broad SMARTS) is 1. The lowest BCUT2D eigenvalue weighted by Gasteiger charge is -2.15. The highest BCUT2D eigenvalue weighted by atomic mass is 35.5. The minimum Gasteiger partial charge on any atom is -0.481 e. The number of allylic oxidation sites excluding steroid dienone is 1. The Morgan fingerprint density at radius 3 is 2.52 bits per heavy atom. The van der Waals surface area contributed by atoms with Crippen LogP contribution >= 0.6 is 23.2 Å². The molecule has 0 saturated heterocycles. The monoisotopic (exact) mass is 382 g/mol. The van der Waals surface area contributed by atoms with Gasteiger partial charge in [0.15, 0.2) is 0 Å². The molecule has 0 radical (unpaired) electrons. The van der Waals surface area contributed by atoms with Crippen LogP contribution in [0.1, 0.15) is 56.9 Å². The average molecular weight is 383 g/mol. The first-order valence-electron chi connectivity index (χ1n) is 8.85. The second-order valence-electron chi connectivity index (χ2n) is 6.62. The zero-order valence-electron chi connectivity index (χ0n) is 14.2. The van der Waals surface area contributed by atoms with Gasteiger partial charge in [-0.15, -0.1) is 0 Å². The van der Waals surface area contributed by atoms with Gasteiger partial charge in [0, 0.05) is 34.4 Å². The number of ketones is 1. The zero-order valence-corrected chi connectivity index (χ0v) is 15.7. The summed E-state index contributed by atoms with van der Waals surface area (Å²) in [7, 11) is 0. The summed E-state index contributed by atoms with van der Waals surface area (Å²) in [4.78, 5) is 22.7. The van der Waals surface area contributed by atoms with E-state index in [0.717, 1.165) is 37.7 Å². The summed E-state index contributed by atoms with van der Waals surface area (Å²) in [6.45, 7) is 0. The molecule has 1 saturated carbocycles. The van der Waals surface area contributed by atoms with E-state index in [1.807, 2.05) is 24.3 Å². The molecule has 0 bridgehead atoms. The Bertz CT molecular complexity index is 620. The molecule has 1 aromatic rings. The quantitative estimate of drug-likeness (QED) is 0.530. The van der Waals surface area contributed by atoms with Crippen LogP contribution in [-0.2, 0) is 9.59 Å². The number of carboxylic acids is 1. The van der Waals surface area contributed by atoms with E-state index >= 15 is 0 Å². The van der Waals surface area contributed by atoms with Crippen molar-refractivity contribution < 1.29 is 14.7 Å². The molecule has 1 N–H and O–H groups in total. The summed E-state index contributed by atoms with van der Waals surface area (Å²) in [5, 5.41) is 9.86. The molecule has 3 nitrogen and oxygen atoms in total. The normalized spacial score (nSPS) is 20.5. The Morgan fingerprint density at radius 2 is 1.84 bits per heavy atom. The SMILES string of the molecule is O=C(O)CCCCCC[C@@H]1C(=O)CC[C@H]1C=Cc1c(Cl)cccc1Cl. The van der Waals surface area contributed by atoms with E-state index in [1.54, 1.807) is 0 Å². The Kier molecular flexibility index (Phi) is 7.98. The summed E-state index contributed by atoms with van der Waals surface area (Å²) in [5.74, 6) is -0.101. The molecule has 1 aliphatic rings. The number of carbonyl (C=O) groups is 2. The predicted octanol–water partition coefficient (Wildman–Crippen LogP) is 6.03. The molecule has 1 aromatic carbocycles. The van der Waals surface area contributed by atoms with Crippen molar-refractivity contribution in [2.24, 2.45) is 11.8 Å². The van der Waals surface area contributed by atoms with Gasteiger partial charge in [-0.1, -0.05) is 60.7 Å². The Balaban J connectivity index is 1.86. The molecule has 0 spiro atoms. The number of halogens is 2. The topological polar surface area (TPSA) is 54.4 Å². The smallest absolute Gasteiger partial charge is 0.303 e. The molecule has 2 rings (SSSR count). The van der Waals surface area contributed by atoms with Crippen LogP contribution in [-0.4, -0.2) is 16.9 Å². The number of benzene rings is 1. The van der Waals surface area contributed by atoms with Crippen LogP contribution in [0.15, 0.2) is 24.3 Å². The summed E-state index contributed by atoms with van der Waals surface area (Å²) in [6.07, 6.45) is 10.2. The van der Waals surface area contributed by atoms with Gasteiger partial charge in [-0.3, -0.25) is 9.59 Å². The lowest BCUT2D eigenvalue weighted by Crippen LogP contribution is -2.13. The second kappa shape index (κ2) is 9.98. The van der Waals surface area contributed by atoms with E-state index in [0.29, 0.717) is 28.7 Å². The van der Waals surface area contributed by atoms with Crippen LogP contribution in [0.2, 0.25) is 10.0 Å². The minimum atomic E-state index is -0.741. The molecule has 0 heterocycles. The Morgan fingerprint density at radius 1 is 1.16 bits per heavy atom. The van der Waals surface area contributed by atoms with Crippen LogP contribution in [0.25, 0.3) is 6.08 Å². The number of aliphatic carboxylic acids is 1. The molecule has 0 aromatic heterocycles. The van der Waals surface area contributed by atoms with E-state index in [-0.39, 0.29) is 18.3 Å². The molecule has 136 valence electrons. The van der Waals surface area contributed by atoms with Gasteiger partial charge in [-0.05, 0) is 37.3 Å². The molecular formula is C20H24Cl2O3. The Labute approximate surface area is 159 Å². The molecule has 0 amide bonds. The van der Waals surface area contributed by atoms with Crippen molar-refractivity contribution in [3.05, 3.63) is 39.9 Å². The average Bonchev–Trinajstić information content (AvgIpc) is 2.90. The molecule has 0 aliphatic heterocycles. The first-order valence-corrected chi connectivity index (χ1v) is 9.61. The van der Waals surface area contributed by atoms with Crippen molar-refractivity contribution in [1.29, 1.82) is 0 Å². The van der Waals surface area contributed by atoms with Crippen molar-refractivity contribution in [3.8, 4) is 0 Å². The van der Waals surface area contributed by atoms with E-state index in [1.165, 1.54) is 0 Å². The highest BCUT2D eigenvalue weighted by molar-refractivity contribution is 6.37. The maximum Gasteiger partial charge on any atom is 0.303 e.